The molecule has 1 heterocycles. The van der Waals surface area contributed by atoms with Gasteiger partial charge in [0, 0.05) is 32.1 Å². The summed E-state index contributed by atoms with van der Waals surface area (Å²) in [7, 11) is 4.26. The van der Waals surface area contributed by atoms with E-state index in [0.717, 1.165) is 39.4 Å². The minimum absolute atomic E-state index is 0.609. The highest BCUT2D eigenvalue weighted by atomic mass is 16.5. The summed E-state index contributed by atoms with van der Waals surface area (Å²) in [6.07, 6.45) is 4.46. The van der Waals surface area contributed by atoms with Gasteiger partial charge in [-0.3, -0.25) is 4.90 Å². The molecule has 20 heavy (non-hydrogen) atoms. The molecule has 1 aliphatic heterocycles. The third-order valence-electron chi connectivity index (χ3n) is 3.52. The van der Waals surface area contributed by atoms with Crippen LogP contribution in [0.1, 0.15) is 5.56 Å². The SMILES string of the molecule is CN(C)C[C@H]1COCCN(C/C=C/c2ccccc2)C1. The lowest BCUT2D eigenvalue weighted by molar-refractivity contribution is 0.112. The van der Waals surface area contributed by atoms with Gasteiger partial charge in [-0.15, -0.1) is 0 Å². The van der Waals surface area contributed by atoms with Gasteiger partial charge in [-0.1, -0.05) is 42.5 Å². The Morgan fingerprint density at radius 1 is 1.30 bits per heavy atom. The normalized spacial score (nSPS) is 21.4. The van der Waals surface area contributed by atoms with Gasteiger partial charge in [-0.2, -0.15) is 0 Å². The maximum atomic E-state index is 5.71. The molecule has 110 valence electrons. The molecule has 0 amide bonds. The summed E-state index contributed by atoms with van der Waals surface area (Å²) in [4.78, 5) is 4.73. The minimum Gasteiger partial charge on any atom is -0.380 e. The molecule has 1 aliphatic rings. The van der Waals surface area contributed by atoms with E-state index < -0.39 is 0 Å². The van der Waals surface area contributed by atoms with Gasteiger partial charge in [0.05, 0.1) is 13.2 Å². The summed E-state index contributed by atoms with van der Waals surface area (Å²) in [5, 5.41) is 0. The van der Waals surface area contributed by atoms with E-state index in [1.807, 2.05) is 0 Å². The predicted molar refractivity (Wildman–Crippen MR) is 84.8 cm³/mol. The van der Waals surface area contributed by atoms with Gasteiger partial charge in [0.25, 0.3) is 0 Å². The van der Waals surface area contributed by atoms with Crippen LogP contribution in [-0.2, 0) is 4.74 Å². The van der Waals surface area contributed by atoms with Crippen molar-refractivity contribution in [3.05, 3.63) is 42.0 Å². The van der Waals surface area contributed by atoms with Gasteiger partial charge in [0.1, 0.15) is 0 Å². The fourth-order valence-corrected chi connectivity index (χ4v) is 2.65. The van der Waals surface area contributed by atoms with Crippen LogP contribution < -0.4 is 0 Å². The standard InChI is InChI=1S/C17H26N2O/c1-18(2)13-17-14-19(11-12-20-15-17)10-6-9-16-7-4-3-5-8-16/h3-9,17H,10-15H2,1-2H3/b9-6+/t17-/m1/s1. The van der Waals surface area contributed by atoms with Crippen LogP contribution in [0.15, 0.2) is 36.4 Å². The van der Waals surface area contributed by atoms with E-state index in [-0.39, 0.29) is 0 Å². The highest BCUT2D eigenvalue weighted by Gasteiger charge is 2.18. The molecule has 1 aromatic carbocycles. The fraction of sp³-hybridized carbons (Fsp3) is 0.529. The summed E-state index contributed by atoms with van der Waals surface area (Å²) >= 11 is 0. The Bertz CT molecular complexity index is 403. The smallest absolute Gasteiger partial charge is 0.0593 e. The van der Waals surface area contributed by atoms with Crippen molar-refractivity contribution in [3.8, 4) is 0 Å². The molecule has 3 heteroatoms. The van der Waals surface area contributed by atoms with E-state index in [1.54, 1.807) is 0 Å². The first-order valence-corrected chi connectivity index (χ1v) is 7.40. The molecule has 0 bridgehead atoms. The van der Waals surface area contributed by atoms with Crippen molar-refractivity contribution in [1.29, 1.82) is 0 Å². The van der Waals surface area contributed by atoms with Crippen molar-refractivity contribution in [1.82, 2.24) is 9.80 Å². The molecule has 1 fully saturated rings. The maximum Gasteiger partial charge on any atom is 0.0593 e. The lowest BCUT2D eigenvalue weighted by Crippen LogP contribution is -2.34. The first kappa shape index (κ1) is 15.2. The van der Waals surface area contributed by atoms with Crippen molar-refractivity contribution >= 4 is 6.08 Å². The predicted octanol–water partition coefficient (Wildman–Crippen LogP) is 2.21. The fourth-order valence-electron chi connectivity index (χ4n) is 2.65. The average Bonchev–Trinajstić information content (AvgIpc) is 2.65. The summed E-state index contributed by atoms with van der Waals surface area (Å²) in [5.41, 5.74) is 1.27. The quantitative estimate of drug-likeness (QED) is 0.819. The zero-order valence-electron chi connectivity index (χ0n) is 12.7. The number of hydrogen-bond acceptors (Lipinski definition) is 3. The van der Waals surface area contributed by atoms with Gasteiger partial charge in [-0.05, 0) is 19.7 Å². The molecular formula is C17H26N2O. The molecule has 0 spiro atoms. The van der Waals surface area contributed by atoms with E-state index in [9.17, 15) is 0 Å². The van der Waals surface area contributed by atoms with E-state index >= 15 is 0 Å². The van der Waals surface area contributed by atoms with Gasteiger partial charge < -0.3 is 9.64 Å². The third kappa shape index (κ3) is 5.45. The molecule has 0 unspecified atom stereocenters. The Labute approximate surface area is 122 Å². The van der Waals surface area contributed by atoms with E-state index in [4.69, 9.17) is 4.74 Å². The summed E-state index contributed by atoms with van der Waals surface area (Å²) in [5.74, 6) is 0.609. The van der Waals surface area contributed by atoms with Gasteiger partial charge >= 0.3 is 0 Å². The minimum atomic E-state index is 0.609. The Morgan fingerprint density at radius 2 is 2.10 bits per heavy atom. The Kier molecular flexibility index (Phi) is 6.25. The van der Waals surface area contributed by atoms with Crippen LogP contribution in [0.2, 0.25) is 0 Å². The second-order valence-electron chi connectivity index (χ2n) is 5.78. The van der Waals surface area contributed by atoms with Crippen LogP contribution in [0.5, 0.6) is 0 Å². The molecule has 0 aliphatic carbocycles. The van der Waals surface area contributed by atoms with Crippen molar-refractivity contribution < 1.29 is 4.74 Å². The molecule has 0 N–H and O–H groups in total. The molecular weight excluding hydrogens is 248 g/mol. The lowest BCUT2D eigenvalue weighted by atomic mass is 10.1. The molecule has 1 saturated heterocycles. The molecule has 1 atom stereocenters. The van der Waals surface area contributed by atoms with Gasteiger partial charge in [-0.25, -0.2) is 0 Å². The Hall–Kier alpha value is -1.16. The molecule has 0 radical (unpaired) electrons. The maximum absolute atomic E-state index is 5.71. The van der Waals surface area contributed by atoms with Gasteiger partial charge in [0.15, 0.2) is 0 Å². The van der Waals surface area contributed by atoms with E-state index in [2.05, 4.69) is 66.4 Å². The summed E-state index contributed by atoms with van der Waals surface area (Å²) in [6.45, 7) is 5.99. The van der Waals surface area contributed by atoms with Crippen LogP contribution in [0, 0.1) is 5.92 Å². The molecule has 2 rings (SSSR count). The van der Waals surface area contributed by atoms with Crippen LogP contribution >= 0.6 is 0 Å². The van der Waals surface area contributed by atoms with Crippen molar-refractivity contribution in [2.24, 2.45) is 5.92 Å². The third-order valence-corrected chi connectivity index (χ3v) is 3.52. The van der Waals surface area contributed by atoms with Crippen LogP contribution in [0.3, 0.4) is 0 Å². The number of ether oxygens (including phenoxy) is 1. The number of hydrogen-bond donors (Lipinski definition) is 0. The highest BCUT2D eigenvalue weighted by Crippen LogP contribution is 2.09. The van der Waals surface area contributed by atoms with Crippen LogP contribution in [0.4, 0.5) is 0 Å². The largest absolute Gasteiger partial charge is 0.380 e. The van der Waals surface area contributed by atoms with Crippen molar-refractivity contribution in [2.45, 2.75) is 0 Å². The first-order chi connectivity index (χ1) is 9.74. The second-order valence-corrected chi connectivity index (χ2v) is 5.78. The number of nitrogens with zero attached hydrogens (tertiary/aromatic N) is 2. The second kappa shape index (κ2) is 8.20. The zero-order valence-corrected chi connectivity index (χ0v) is 12.7. The molecule has 3 nitrogen and oxygen atoms in total. The summed E-state index contributed by atoms with van der Waals surface area (Å²) in [6, 6.07) is 10.5. The molecule has 1 aromatic rings. The molecule has 0 aromatic heterocycles. The number of benzene rings is 1. The highest BCUT2D eigenvalue weighted by molar-refractivity contribution is 5.48. The monoisotopic (exact) mass is 274 g/mol. The Morgan fingerprint density at radius 3 is 2.85 bits per heavy atom. The lowest BCUT2D eigenvalue weighted by Gasteiger charge is -2.24. The van der Waals surface area contributed by atoms with Gasteiger partial charge in [0.2, 0.25) is 0 Å². The van der Waals surface area contributed by atoms with E-state index in [0.29, 0.717) is 5.92 Å². The van der Waals surface area contributed by atoms with Crippen molar-refractivity contribution in [2.75, 3.05) is 53.5 Å². The van der Waals surface area contributed by atoms with E-state index in [1.165, 1.54) is 5.56 Å². The number of rotatable bonds is 5. The zero-order chi connectivity index (χ0) is 14.2. The average molecular weight is 274 g/mol. The van der Waals surface area contributed by atoms with Crippen LogP contribution in [0.25, 0.3) is 6.08 Å². The van der Waals surface area contributed by atoms with Crippen LogP contribution in [-0.4, -0.2) is 63.3 Å². The topological polar surface area (TPSA) is 15.7 Å². The molecule has 0 saturated carbocycles. The first-order valence-electron chi connectivity index (χ1n) is 7.40. The Balaban J connectivity index is 1.83. The summed E-state index contributed by atoms with van der Waals surface area (Å²) < 4.78 is 5.71. The van der Waals surface area contributed by atoms with Crippen molar-refractivity contribution in [3.63, 3.8) is 0 Å².